The van der Waals surface area contributed by atoms with Gasteiger partial charge < -0.3 is 10.5 Å². The quantitative estimate of drug-likeness (QED) is 0.835. The second-order valence-electron chi connectivity index (χ2n) is 6.47. The van der Waals surface area contributed by atoms with Crippen LogP contribution in [0.5, 0.6) is 0 Å². The molecule has 0 radical (unpaired) electrons. The zero-order valence-corrected chi connectivity index (χ0v) is 13.1. The maximum absolute atomic E-state index is 6.19. The van der Waals surface area contributed by atoms with Crippen LogP contribution in [-0.4, -0.2) is 52.8 Å². The van der Waals surface area contributed by atoms with Crippen molar-refractivity contribution < 1.29 is 4.74 Å². The van der Waals surface area contributed by atoms with Gasteiger partial charge >= 0.3 is 0 Å². The van der Waals surface area contributed by atoms with E-state index in [1.807, 2.05) is 0 Å². The molecule has 0 aromatic rings. The van der Waals surface area contributed by atoms with Gasteiger partial charge in [-0.3, -0.25) is 4.90 Å². The fourth-order valence-electron chi connectivity index (χ4n) is 3.59. The molecule has 0 bridgehead atoms. The Kier molecular flexibility index (Phi) is 4.32. The summed E-state index contributed by atoms with van der Waals surface area (Å²) in [7, 11) is 0. The summed E-state index contributed by atoms with van der Waals surface area (Å²) in [5, 5.41) is 0.702. The number of nitrogens with zero attached hydrogens (tertiary/aromatic N) is 1. The van der Waals surface area contributed by atoms with E-state index in [0.717, 1.165) is 26.0 Å². The molecule has 0 aliphatic carbocycles. The van der Waals surface area contributed by atoms with Gasteiger partial charge in [-0.2, -0.15) is 11.8 Å². The van der Waals surface area contributed by atoms with Gasteiger partial charge in [0.1, 0.15) is 0 Å². The Morgan fingerprint density at radius 1 is 1.39 bits per heavy atom. The Morgan fingerprint density at radius 3 is 2.72 bits per heavy atom. The summed E-state index contributed by atoms with van der Waals surface area (Å²) in [6, 6.07) is 0.612. The Bertz CT molecular complexity index is 298. The first-order valence-electron chi connectivity index (χ1n) is 7.13. The molecule has 2 heterocycles. The second kappa shape index (κ2) is 5.31. The van der Waals surface area contributed by atoms with Crippen molar-refractivity contribution in [3.05, 3.63) is 0 Å². The third-order valence-corrected chi connectivity index (χ3v) is 6.03. The molecular weight excluding hydrogens is 244 g/mol. The van der Waals surface area contributed by atoms with E-state index < -0.39 is 0 Å². The lowest BCUT2D eigenvalue weighted by Gasteiger charge is -2.55. The summed E-state index contributed by atoms with van der Waals surface area (Å²) >= 11 is 2.09. The number of hydrogen-bond donors (Lipinski definition) is 1. The summed E-state index contributed by atoms with van der Waals surface area (Å²) in [5.41, 5.74) is 6.31. The van der Waals surface area contributed by atoms with Gasteiger partial charge in [-0.25, -0.2) is 0 Å². The molecule has 2 aliphatic heterocycles. The van der Waals surface area contributed by atoms with Gasteiger partial charge in [0.25, 0.3) is 0 Å². The zero-order valence-electron chi connectivity index (χ0n) is 12.2. The van der Waals surface area contributed by atoms with E-state index in [0.29, 0.717) is 11.3 Å². The average Bonchev–Trinajstić information content (AvgIpc) is 2.31. The van der Waals surface area contributed by atoms with Crippen LogP contribution in [0.2, 0.25) is 0 Å². The van der Waals surface area contributed by atoms with E-state index in [9.17, 15) is 0 Å². The van der Waals surface area contributed by atoms with Crippen molar-refractivity contribution in [1.29, 1.82) is 0 Å². The molecule has 0 amide bonds. The summed E-state index contributed by atoms with van der Waals surface area (Å²) in [6.45, 7) is 11.9. The van der Waals surface area contributed by atoms with E-state index in [1.165, 1.54) is 12.3 Å². The van der Waals surface area contributed by atoms with Crippen molar-refractivity contribution in [2.45, 2.75) is 63.0 Å². The normalized spacial score (nSPS) is 41.8. The highest BCUT2D eigenvalue weighted by molar-refractivity contribution is 8.00. The largest absolute Gasteiger partial charge is 0.375 e. The van der Waals surface area contributed by atoms with Crippen LogP contribution in [0.15, 0.2) is 0 Å². The van der Waals surface area contributed by atoms with E-state index >= 15 is 0 Å². The highest BCUT2D eigenvalue weighted by Gasteiger charge is 2.47. The monoisotopic (exact) mass is 272 g/mol. The lowest BCUT2D eigenvalue weighted by Crippen LogP contribution is -2.65. The molecule has 3 unspecified atom stereocenters. The van der Waals surface area contributed by atoms with Gasteiger partial charge in [0, 0.05) is 42.3 Å². The summed E-state index contributed by atoms with van der Waals surface area (Å²) < 4.78 is 5.89. The predicted octanol–water partition coefficient (Wildman–Crippen LogP) is 2.10. The molecule has 2 rings (SSSR count). The zero-order chi connectivity index (χ0) is 13.4. The standard InChI is InChI=1S/C14H28N2OS/c1-11-12(2)18-8-6-16(11)14(10-15)5-7-17-13(3,4)9-14/h11-12H,5-10,15H2,1-4H3. The number of nitrogens with two attached hydrogens (primary N) is 1. The molecule has 106 valence electrons. The van der Waals surface area contributed by atoms with Gasteiger partial charge in [0.15, 0.2) is 0 Å². The molecule has 2 saturated heterocycles. The molecule has 4 heteroatoms. The van der Waals surface area contributed by atoms with E-state index in [4.69, 9.17) is 10.5 Å². The Morgan fingerprint density at radius 2 is 2.11 bits per heavy atom. The van der Waals surface area contributed by atoms with Crippen molar-refractivity contribution in [3.8, 4) is 0 Å². The Hall–Kier alpha value is 0.230. The predicted molar refractivity (Wildman–Crippen MR) is 79.1 cm³/mol. The Balaban J connectivity index is 2.20. The maximum atomic E-state index is 6.19. The molecule has 0 spiro atoms. The van der Waals surface area contributed by atoms with Crippen molar-refractivity contribution in [2.24, 2.45) is 5.73 Å². The molecule has 2 aliphatic rings. The SMILES string of the molecule is CC1SCCN(C2(CN)CCOC(C)(C)C2)C1C. The first-order chi connectivity index (χ1) is 8.40. The molecule has 2 fully saturated rings. The highest BCUT2D eigenvalue weighted by Crippen LogP contribution is 2.40. The third-order valence-electron chi connectivity index (χ3n) is 4.69. The van der Waals surface area contributed by atoms with Crippen LogP contribution in [0, 0.1) is 0 Å². The van der Waals surface area contributed by atoms with Crippen LogP contribution in [0.3, 0.4) is 0 Å². The number of thioether (sulfide) groups is 1. The maximum Gasteiger partial charge on any atom is 0.0644 e. The minimum atomic E-state index is -0.0365. The van der Waals surface area contributed by atoms with Crippen LogP contribution in [0.1, 0.15) is 40.5 Å². The van der Waals surface area contributed by atoms with Crippen molar-refractivity contribution in [2.75, 3.05) is 25.4 Å². The fourth-order valence-corrected chi connectivity index (χ4v) is 4.69. The van der Waals surface area contributed by atoms with Gasteiger partial charge in [-0.1, -0.05) is 6.92 Å². The van der Waals surface area contributed by atoms with Crippen molar-refractivity contribution >= 4 is 11.8 Å². The third kappa shape index (κ3) is 2.72. The summed E-state index contributed by atoms with van der Waals surface area (Å²) in [4.78, 5) is 2.68. The minimum absolute atomic E-state index is 0.0365. The summed E-state index contributed by atoms with van der Waals surface area (Å²) in [6.07, 6.45) is 2.13. The van der Waals surface area contributed by atoms with E-state index in [2.05, 4.69) is 44.4 Å². The Labute approximate surface area is 116 Å². The van der Waals surface area contributed by atoms with Gasteiger partial charge in [0.05, 0.1) is 5.60 Å². The van der Waals surface area contributed by atoms with E-state index in [-0.39, 0.29) is 11.1 Å². The molecule has 0 aromatic heterocycles. The van der Waals surface area contributed by atoms with Gasteiger partial charge in [0.2, 0.25) is 0 Å². The molecular formula is C14H28N2OS. The van der Waals surface area contributed by atoms with Gasteiger partial charge in [-0.05, 0) is 33.6 Å². The van der Waals surface area contributed by atoms with Crippen LogP contribution < -0.4 is 5.73 Å². The molecule has 0 aromatic carbocycles. The fraction of sp³-hybridized carbons (Fsp3) is 1.00. The first kappa shape index (κ1) is 14.6. The number of rotatable bonds is 2. The lowest BCUT2D eigenvalue weighted by atomic mass is 9.79. The molecule has 2 N–H and O–H groups in total. The number of hydrogen-bond acceptors (Lipinski definition) is 4. The van der Waals surface area contributed by atoms with Crippen LogP contribution in [0.4, 0.5) is 0 Å². The summed E-state index contributed by atoms with van der Waals surface area (Å²) in [5.74, 6) is 1.23. The number of ether oxygens (including phenoxy) is 1. The van der Waals surface area contributed by atoms with Crippen LogP contribution in [-0.2, 0) is 4.74 Å². The topological polar surface area (TPSA) is 38.5 Å². The smallest absolute Gasteiger partial charge is 0.0644 e. The van der Waals surface area contributed by atoms with Gasteiger partial charge in [-0.15, -0.1) is 0 Å². The average molecular weight is 272 g/mol. The lowest BCUT2D eigenvalue weighted by molar-refractivity contribution is -0.124. The second-order valence-corrected chi connectivity index (χ2v) is 7.96. The van der Waals surface area contributed by atoms with Crippen molar-refractivity contribution in [3.63, 3.8) is 0 Å². The van der Waals surface area contributed by atoms with E-state index in [1.54, 1.807) is 0 Å². The van der Waals surface area contributed by atoms with Crippen molar-refractivity contribution in [1.82, 2.24) is 4.90 Å². The molecule has 3 nitrogen and oxygen atoms in total. The first-order valence-corrected chi connectivity index (χ1v) is 8.17. The molecule has 3 atom stereocenters. The molecule has 0 saturated carbocycles. The molecule has 18 heavy (non-hydrogen) atoms. The van der Waals surface area contributed by atoms with Crippen LogP contribution >= 0.6 is 11.8 Å². The van der Waals surface area contributed by atoms with Crippen LogP contribution in [0.25, 0.3) is 0 Å². The minimum Gasteiger partial charge on any atom is -0.375 e. The highest BCUT2D eigenvalue weighted by atomic mass is 32.2.